The molecule has 4 heteroatoms. The van der Waals surface area contributed by atoms with Crippen LogP contribution in [-0.2, 0) is 0 Å². The molecule has 0 heterocycles. The van der Waals surface area contributed by atoms with Gasteiger partial charge in [0.25, 0.3) is 0 Å². The van der Waals surface area contributed by atoms with E-state index in [-0.39, 0.29) is 0 Å². The van der Waals surface area contributed by atoms with E-state index in [1.54, 1.807) is 24.8 Å². The maximum absolute atomic E-state index is 10.7. The van der Waals surface area contributed by atoms with Crippen LogP contribution in [0.15, 0.2) is 24.3 Å². The van der Waals surface area contributed by atoms with Crippen LogP contribution in [0.2, 0.25) is 0 Å². The summed E-state index contributed by atoms with van der Waals surface area (Å²) in [6.45, 7) is 1.73. The van der Waals surface area contributed by atoms with Crippen molar-refractivity contribution in [3.05, 3.63) is 29.8 Å². The molecule has 0 unspecified atom stereocenters. The summed E-state index contributed by atoms with van der Waals surface area (Å²) in [4.78, 5) is 10.7. The van der Waals surface area contributed by atoms with Crippen LogP contribution in [0.3, 0.4) is 0 Å². The van der Waals surface area contributed by atoms with Gasteiger partial charge >= 0.3 is 67.1 Å². The van der Waals surface area contributed by atoms with Crippen molar-refractivity contribution in [2.45, 2.75) is 0 Å². The molecule has 0 aromatic heterocycles. The Balaban J connectivity index is 3.10. The average molecular weight is 163 g/mol. The summed E-state index contributed by atoms with van der Waals surface area (Å²) in [5.74, 6) is -0.402. The van der Waals surface area contributed by atoms with E-state index in [4.69, 9.17) is 5.73 Å². The van der Waals surface area contributed by atoms with Crippen LogP contribution in [0.1, 0.15) is 10.4 Å². The fourth-order valence-electron chi connectivity index (χ4n) is 0.782. The van der Waals surface area contributed by atoms with Crippen LogP contribution in [0.5, 0.6) is 0 Å². The number of hydrogen-bond acceptors (Lipinski definition) is 1. The van der Waals surface area contributed by atoms with Gasteiger partial charge in [0.15, 0.2) is 0 Å². The van der Waals surface area contributed by atoms with Gasteiger partial charge in [-0.3, -0.25) is 0 Å². The molecule has 0 aliphatic carbocycles. The Labute approximate surface area is 67.8 Å². The summed E-state index contributed by atoms with van der Waals surface area (Å²) >= 11 is 0. The number of rotatable bonds is 2. The molecule has 2 N–H and O–H groups in total. The summed E-state index contributed by atoms with van der Waals surface area (Å²) in [5, 5.41) is 0. The second-order valence-electron chi connectivity index (χ2n) is 2.13. The second-order valence-corrected chi connectivity index (χ2v) is 2.42. The Bertz CT molecular complexity index is 300. The number of amides is 1. The molecular formula is C7H7BNOP. The Morgan fingerprint density at radius 2 is 2.27 bits per heavy atom. The normalized spacial score (nSPS) is 8.73. The van der Waals surface area contributed by atoms with Gasteiger partial charge in [-0.25, -0.2) is 0 Å². The van der Waals surface area contributed by atoms with E-state index >= 15 is 0 Å². The van der Waals surface area contributed by atoms with Gasteiger partial charge in [0.05, 0.1) is 0 Å². The van der Waals surface area contributed by atoms with E-state index in [0.717, 1.165) is 5.46 Å². The van der Waals surface area contributed by atoms with Gasteiger partial charge in [0, 0.05) is 0 Å². The van der Waals surface area contributed by atoms with Crippen LogP contribution < -0.4 is 11.2 Å². The molecule has 0 saturated carbocycles. The van der Waals surface area contributed by atoms with Crippen molar-refractivity contribution in [1.82, 2.24) is 0 Å². The van der Waals surface area contributed by atoms with Gasteiger partial charge < -0.3 is 0 Å². The standard InChI is InChI=1S/C7H7BNOP/c9-7(10)5-2-1-3-6(4-5)8-11/h1-4,11H,(H2,9,10). The third kappa shape index (κ3) is 1.99. The van der Waals surface area contributed by atoms with Crippen LogP contribution >= 0.6 is 8.73 Å². The molecule has 1 aromatic rings. The Hall–Kier alpha value is -0.945. The van der Waals surface area contributed by atoms with Crippen LogP contribution in [0, 0.1) is 0 Å². The van der Waals surface area contributed by atoms with Crippen molar-refractivity contribution in [3.63, 3.8) is 0 Å². The SMILES string of the molecule is NC(=O)c1cccc(B=P)c1. The number of benzene rings is 1. The van der Waals surface area contributed by atoms with Crippen molar-refractivity contribution in [3.8, 4) is 0 Å². The molecule has 0 fully saturated rings. The molecule has 0 spiro atoms. The summed E-state index contributed by atoms with van der Waals surface area (Å²) in [6, 6.07) is 7.06. The minimum atomic E-state index is -0.402. The van der Waals surface area contributed by atoms with E-state index < -0.39 is 5.91 Å². The molecular weight excluding hydrogens is 156 g/mol. The molecule has 2 nitrogen and oxygen atoms in total. The topological polar surface area (TPSA) is 43.1 Å². The third-order valence-corrected chi connectivity index (χ3v) is 1.67. The molecule has 0 aliphatic rings. The Morgan fingerprint density at radius 3 is 2.82 bits per heavy atom. The first-order chi connectivity index (χ1) is 5.24. The third-order valence-electron chi connectivity index (χ3n) is 1.34. The quantitative estimate of drug-likeness (QED) is 0.490. The average Bonchev–Trinajstić information content (AvgIpc) is 2.05. The van der Waals surface area contributed by atoms with Crippen molar-refractivity contribution >= 4 is 26.7 Å². The predicted molar refractivity (Wildman–Crippen MR) is 48.7 cm³/mol. The zero-order valence-electron chi connectivity index (χ0n) is 5.87. The van der Waals surface area contributed by atoms with Gasteiger partial charge in [0.2, 0.25) is 0 Å². The van der Waals surface area contributed by atoms with Crippen molar-refractivity contribution in [2.75, 3.05) is 0 Å². The number of carbonyl (C=O) groups excluding carboxylic acids is 1. The first-order valence-corrected chi connectivity index (χ1v) is 3.72. The summed E-state index contributed by atoms with van der Waals surface area (Å²) in [5.41, 5.74) is 6.52. The van der Waals surface area contributed by atoms with E-state index in [0.29, 0.717) is 5.56 Å². The number of carbonyl (C=O) groups is 1. The Morgan fingerprint density at radius 1 is 1.55 bits per heavy atom. The first-order valence-electron chi connectivity index (χ1n) is 3.14. The Kier molecular flexibility index (Phi) is 2.56. The molecule has 0 saturated heterocycles. The zero-order chi connectivity index (χ0) is 8.27. The van der Waals surface area contributed by atoms with Crippen molar-refractivity contribution < 1.29 is 4.79 Å². The van der Waals surface area contributed by atoms with Crippen LogP contribution in [0.25, 0.3) is 0 Å². The van der Waals surface area contributed by atoms with Gasteiger partial charge in [-0.05, 0) is 0 Å². The van der Waals surface area contributed by atoms with Crippen molar-refractivity contribution in [2.24, 2.45) is 5.73 Å². The summed E-state index contributed by atoms with van der Waals surface area (Å²) < 4.78 is 0. The number of nitrogens with two attached hydrogens (primary N) is 1. The molecule has 0 radical (unpaired) electrons. The molecule has 0 atom stereocenters. The molecule has 1 amide bonds. The monoisotopic (exact) mass is 163 g/mol. The van der Waals surface area contributed by atoms with E-state index in [2.05, 4.69) is 8.73 Å². The molecule has 0 bridgehead atoms. The predicted octanol–water partition coefficient (Wildman–Crippen LogP) is 0.173. The second kappa shape index (κ2) is 3.45. The molecule has 1 aromatic carbocycles. The molecule has 0 aliphatic heterocycles. The maximum atomic E-state index is 10.7. The summed E-state index contributed by atoms with van der Waals surface area (Å²) in [7, 11) is 3.21. The van der Waals surface area contributed by atoms with E-state index in [1.807, 2.05) is 6.07 Å². The van der Waals surface area contributed by atoms with Gasteiger partial charge in [-0.1, -0.05) is 0 Å². The fourth-order valence-corrected chi connectivity index (χ4v) is 0.961. The first kappa shape index (κ1) is 8.15. The van der Waals surface area contributed by atoms with Crippen LogP contribution in [0.4, 0.5) is 0 Å². The minimum absolute atomic E-state index is 0.402. The van der Waals surface area contributed by atoms with Gasteiger partial charge in [0.1, 0.15) is 0 Å². The zero-order valence-corrected chi connectivity index (χ0v) is 6.87. The van der Waals surface area contributed by atoms with Gasteiger partial charge in [-0.15, -0.1) is 0 Å². The fraction of sp³-hybridized carbons (Fsp3) is 0. The molecule has 11 heavy (non-hydrogen) atoms. The van der Waals surface area contributed by atoms with Crippen molar-refractivity contribution in [1.29, 1.82) is 0 Å². The number of hydrogen-bond donors (Lipinski definition) is 1. The number of primary amides is 1. The van der Waals surface area contributed by atoms with E-state index in [9.17, 15) is 4.79 Å². The van der Waals surface area contributed by atoms with Crippen LogP contribution in [-0.4, -0.2) is 12.5 Å². The van der Waals surface area contributed by atoms with Gasteiger partial charge in [-0.2, -0.15) is 0 Å². The summed E-state index contributed by atoms with van der Waals surface area (Å²) in [6.07, 6.45) is 0. The molecule has 1 rings (SSSR count). The molecule has 54 valence electrons. The van der Waals surface area contributed by atoms with E-state index in [1.165, 1.54) is 0 Å².